The number of hydrazone groups is 1. The van der Waals surface area contributed by atoms with Gasteiger partial charge in [0.2, 0.25) is 0 Å². The number of benzene rings is 1. The summed E-state index contributed by atoms with van der Waals surface area (Å²) < 4.78 is 39.2. The van der Waals surface area contributed by atoms with Gasteiger partial charge in [-0.15, -0.1) is 11.8 Å². The van der Waals surface area contributed by atoms with Crippen molar-refractivity contribution in [1.29, 1.82) is 0 Å². The number of hydrogen-bond acceptors (Lipinski definition) is 4. The highest BCUT2D eigenvalue weighted by Gasteiger charge is 2.62. The summed E-state index contributed by atoms with van der Waals surface area (Å²) in [5, 5.41) is 14.4. The molecular weight excluding hydrogens is 388 g/mol. The van der Waals surface area contributed by atoms with E-state index in [1.54, 1.807) is 12.1 Å². The van der Waals surface area contributed by atoms with Crippen molar-refractivity contribution in [2.45, 2.75) is 31.0 Å². The standard InChI is InChI=1S/C14H13Cl2F3N2O2S/c1-8-5-13(23,14(17,18)19)21(20-8)12(22)7-24-6-9-2-3-10(15)4-11(9)16/h2-4,23H,5-7H2,1H3/t13-/m0/s1. The number of amides is 1. The molecule has 132 valence electrons. The molecular formula is C14H13Cl2F3N2O2S. The number of nitrogens with zero attached hydrogens (tertiary/aromatic N) is 2. The molecule has 10 heteroatoms. The molecule has 1 aliphatic heterocycles. The van der Waals surface area contributed by atoms with E-state index in [4.69, 9.17) is 23.2 Å². The summed E-state index contributed by atoms with van der Waals surface area (Å²) in [5.41, 5.74) is -2.55. The van der Waals surface area contributed by atoms with Crippen LogP contribution in [-0.4, -0.2) is 39.4 Å². The Hall–Kier alpha value is -0.960. The normalized spacial score (nSPS) is 21.1. The van der Waals surface area contributed by atoms with Crippen LogP contribution in [0.2, 0.25) is 10.0 Å². The lowest BCUT2D eigenvalue weighted by molar-refractivity contribution is -0.301. The van der Waals surface area contributed by atoms with Gasteiger partial charge >= 0.3 is 6.18 Å². The van der Waals surface area contributed by atoms with Gasteiger partial charge in [0, 0.05) is 27.9 Å². The van der Waals surface area contributed by atoms with Crippen molar-refractivity contribution in [3.05, 3.63) is 33.8 Å². The number of thioether (sulfide) groups is 1. The van der Waals surface area contributed by atoms with Crippen molar-refractivity contribution >= 4 is 46.6 Å². The number of alkyl halides is 3. The van der Waals surface area contributed by atoms with E-state index in [2.05, 4.69) is 5.10 Å². The van der Waals surface area contributed by atoms with Crippen molar-refractivity contribution < 1.29 is 23.1 Å². The maximum absolute atomic E-state index is 13.1. The minimum absolute atomic E-state index is 0.0360. The number of hydrogen-bond donors (Lipinski definition) is 1. The van der Waals surface area contributed by atoms with Crippen LogP contribution in [0.1, 0.15) is 18.9 Å². The van der Waals surface area contributed by atoms with E-state index in [-0.39, 0.29) is 16.5 Å². The van der Waals surface area contributed by atoms with Gasteiger partial charge < -0.3 is 5.11 Å². The molecule has 1 aromatic carbocycles. The van der Waals surface area contributed by atoms with Gasteiger partial charge in [-0.05, 0) is 24.6 Å². The Morgan fingerprint density at radius 1 is 1.46 bits per heavy atom. The zero-order valence-electron chi connectivity index (χ0n) is 12.4. The van der Waals surface area contributed by atoms with E-state index in [0.29, 0.717) is 21.4 Å². The smallest absolute Gasteiger partial charge is 0.362 e. The molecule has 0 aromatic heterocycles. The van der Waals surface area contributed by atoms with Gasteiger partial charge in [-0.3, -0.25) is 4.79 Å². The number of rotatable bonds is 4. The second-order valence-electron chi connectivity index (χ2n) is 5.26. The molecule has 4 nitrogen and oxygen atoms in total. The van der Waals surface area contributed by atoms with Crippen LogP contribution in [0.15, 0.2) is 23.3 Å². The van der Waals surface area contributed by atoms with Crippen molar-refractivity contribution in [3.63, 3.8) is 0 Å². The molecule has 1 aromatic rings. The minimum Gasteiger partial charge on any atom is -0.362 e. The van der Waals surface area contributed by atoms with Gasteiger partial charge in [0.1, 0.15) is 0 Å². The van der Waals surface area contributed by atoms with Crippen molar-refractivity contribution in [3.8, 4) is 0 Å². The third-order valence-electron chi connectivity index (χ3n) is 3.31. The van der Waals surface area contributed by atoms with Gasteiger partial charge in [-0.25, -0.2) is 0 Å². The molecule has 1 N–H and O–H groups in total. The quantitative estimate of drug-likeness (QED) is 0.827. The molecule has 1 heterocycles. The third-order valence-corrected chi connectivity index (χ3v) is 4.87. The van der Waals surface area contributed by atoms with Crippen molar-refractivity contribution in [2.24, 2.45) is 5.10 Å². The van der Waals surface area contributed by atoms with Gasteiger partial charge in [0.05, 0.1) is 5.75 Å². The van der Waals surface area contributed by atoms with Crippen LogP contribution < -0.4 is 0 Å². The largest absolute Gasteiger partial charge is 0.438 e. The highest BCUT2D eigenvalue weighted by molar-refractivity contribution is 7.99. The Balaban J connectivity index is 2.01. The maximum Gasteiger partial charge on any atom is 0.438 e. The average molecular weight is 401 g/mol. The molecule has 0 spiro atoms. The van der Waals surface area contributed by atoms with Gasteiger partial charge in [-0.1, -0.05) is 29.3 Å². The number of aliphatic hydroxyl groups is 1. The predicted octanol–water partition coefficient (Wildman–Crippen LogP) is 4.09. The lowest BCUT2D eigenvalue weighted by atomic mass is 10.1. The van der Waals surface area contributed by atoms with Crippen LogP contribution in [-0.2, 0) is 10.5 Å². The Kier molecular flexibility index (Phi) is 5.74. The molecule has 0 saturated carbocycles. The number of carbonyl (C=O) groups is 1. The van der Waals surface area contributed by atoms with Gasteiger partial charge in [0.25, 0.3) is 11.6 Å². The molecule has 0 bridgehead atoms. The van der Waals surface area contributed by atoms with Crippen molar-refractivity contribution in [2.75, 3.05) is 5.75 Å². The lowest BCUT2D eigenvalue weighted by Crippen LogP contribution is -2.57. The minimum atomic E-state index is -4.99. The molecule has 0 fully saturated rings. The Labute approximate surface area is 150 Å². The zero-order valence-corrected chi connectivity index (χ0v) is 14.7. The zero-order chi connectivity index (χ0) is 18.1. The summed E-state index contributed by atoms with van der Waals surface area (Å²) in [6.07, 6.45) is -5.75. The molecule has 24 heavy (non-hydrogen) atoms. The van der Waals surface area contributed by atoms with E-state index in [1.807, 2.05) is 0 Å². The summed E-state index contributed by atoms with van der Waals surface area (Å²) in [6.45, 7) is 1.32. The fourth-order valence-corrected chi connectivity index (χ4v) is 3.58. The summed E-state index contributed by atoms with van der Waals surface area (Å²) >= 11 is 12.8. The monoisotopic (exact) mass is 400 g/mol. The Morgan fingerprint density at radius 3 is 2.71 bits per heavy atom. The first-order valence-electron chi connectivity index (χ1n) is 6.72. The first-order valence-corrected chi connectivity index (χ1v) is 8.63. The highest BCUT2D eigenvalue weighted by atomic mass is 35.5. The van der Waals surface area contributed by atoms with Gasteiger partial charge in [0.15, 0.2) is 0 Å². The first kappa shape index (κ1) is 19.4. The number of halogens is 5. The topological polar surface area (TPSA) is 52.9 Å². The van der Waals surface area contributed by atoms with Crippen LogP contribution in [0.4, 0.5) is 13.2 Å². The summed E-state index contributed by atoms with van der Waals surface area (Å²) in [6, 6.07) is 4.84. The third kappa shape index (κ3) is 3.99. The molecule has 0 radical (unpaired) electrons. The van der Waals surface area contributed by atoms with Crippen LogP contribution >= 0.6 is 35.0 Å². The SMILES string of the molecule is CC1=NN(C(=O)CSCc2ccc(Cl)cc2Cl)[C@@](O)(C(F)(F)F)C1. The number of carbonyl (C=O) groups excluding carboxylic acids is 1. The molecule has 2 rings (SSSR count). The predicted molar refractivity (Wildman–Crippen MR) is 88.2 cm³/mol. The van der Waals surface area contributed by atoms with Crippen LogP contribution in [0.3, 0.4) is 0 Å². The highest BCUT2D eigenvalue weighted by Crippen LogP contribution is 2.40. The fraction of sp³-hybridized carbons (Fsp3) is 0.429. The van der Waals surface area contributed by atoms with Crippen molar-refractivity contribution in [1.82, 2.24) is 5.01 Å². The summed E-state index contributed by atoms with van der Waals surface area (Å²) in [4.78, 5) is 12.1. The molecule has 1 atom stereocenters. The van der Waals surface area contributed by atoms with Crippen LogP contribution in [0.5, 0.6) is 0 Å². The lowest BCUT2D eigenvalue weighted by Gasteiger charge is -2.32. The van der Waals surface area contributed by atoms with Gasteiger partial charge in [-0.2, -0.15) is 23.3 Å². The summed E-state index contributed by atoms with van der Waals surface area (Å²) in [5.74, 6) is -0.904. The van der Waals surface area contributed by atoms with E-state index < -0.39 is 24.2 Å². The van der Waals surface area contributed by atoms with E-state index in [0.717, 1.165) is 11.8 Å². The van der Waals surface area contributed by atoms with Crippen LogP contribution in [0.25, 0.3) is 0 Å². The van der Waals surface area contributed by atoms with E-state index in [1.165, 1.54) is 13.0 Å². The molecule has 1 amide bonds. The van der Waals surface area contributed by atoms with E-state index in [9.17, 15) is 23.1 Å². The molecule has 0 aliphatic carbocycles. The Bertz CT molecular complexity index is 684. The molecule has 0 unspecified atom stereocenters. The summed E-state index contributed by atoms with van der Waals surface area (Å²) in [7, 11) is 0. The second kappa shape index (κ2) is 7.11. The maximum atomic E-state index is 13.1. The molecule has 0 saturated heterocycles. The first-order chi connectivity index (χ1) is 11.0. The second-order valence-corrected chi connectivity index (χ2v) is 7.09. The van der Waals surface area contributed by atoms with Crippen LogP contribution in [0, 0.1) is 0 Å². The van der Waals surface area contributed by atoms with E-state index >= 15 is 0 Å². The Morgan fingerprint density at radius 2 is 2.12 bits per heavy atom. The average Bonchev–Trinajstić information content (AvgIpc) is 2.77. The fourth-order valence-electron chi connectivity index (χ4n) is 2.15. The molecule has 1 aliphatic rings.